The van der Waals surface area contributed by atoms with Crippen LogP contribution in [0.2, 0.25) is 0 Å². The summed E-state index contributed by atoms with van der Waals surface area (Å²) in [4.78, 5) is 11.0. The number of carbonyl (C=O) groups excluding carboxylic acids is 1. The predicted molar refractivity (Wildman–Crippen MR) is 61.9 cm³/mol. The molecule has 6 heteroatoms. The number of hydrogen-bond acceptors (Lipinski definition) is 3. The van der Waals surface area contributed by atoms with E-state index in [-0.39, 0.29) is 10.8 Å². The Balaban J connectivity index is 3.23. The van der Waals surface area contributed by atoms with Crippen LogP contribution in [0.5, 0.6) is 0 Å². The van der Waals surface area contributed by atoms with Gasteiger partial charge in [-0.2, -0.15) is 0 Å². The van der Waals surface area contributed by atoms with E-state index >= 15 is 0 Å². The van der Waals surface area contributed by atoms with Crippen molar-refractivity contribution in [2.45, 2.75) is 18.7 Å². The van der Waals surface area contributed by atoms with E-state index in [0.29, 0.717) is 5.69 Å². The maximum Gasteiger partial charge on any atom is 0.221 e. The fourth-order valence-corrected chi connectivity index (χ4v) is 2.07. The second-order valence-electron chi connectivity index (χ2n) is 3.19. The number of anilines is 1. The van der Waals surface area contributed by atoms with Gasteiger partial charge >= 0.3 is 0 Å². The van der Waals surface area contributed by atoms with E-state index in [1.165, 1.54) is 19.1 Å². The van der Waals surface area contributed by atoms with Crippen LogP contribution in [0.1, 0.15) is 12.5 Å². The second kappa shape index (κ2) is 4.26. The first-order valence-corrected chi connectivity index (χ1v) is 6.60. The van der Waals surface area contributed by atoms with Gasteiger partial charge in [-0.1, -0.05) is 0 Å². The van der Waals surface area contributed by atoms with Crippen molar-refractivity contribution < 1.29 is 13.6 Å². The van der Waals surface area contributed by atoms with Gasteiger partial charge in [0.05, 0.1) is 4.90 Å². The highest BCUT2D eigenvalue weighted by Crippen LogP contribution is 2.18. The SMILES string of the molecule is CC(=O)Nc1cc(C)cc(S(=O)(O)=S)c1. The first-order chi connectivity index (χ1) is 6.79. The quantitative estimate of drug-likeness (QED) is 0.829. The Morgan fingerprint density at radius 1 is 1.47 bits per heavy atom. The van der Waals surface area contributed by atoms with E-state index in [9.17, 15) is 13.6 Å². The van der Waals surface area contributed by atoms with Crippen molar-refractivity contribution in [3.63, 3.8) is 0 Å². The lowest BCUT2D eigenvalue weighted by molar-refractivity contribution is -0.114. The molecule has 0 aliphatic rings. The lowest BCUT2D eigenvalue weighted by Crippen LogP contribution is -2.07. The van der Waals surface area contributed by atoms with Crippen LogP contribution in [0.4, 0.5) is 5.69 Å². The number of hydrogen-bond donors (Lipinski definition) is 2. The zero-order valence-corrected chi connectivity index (χ0v) is 9.95. The number of rotatable bonds is 2. The molecule has 1 atom stereocenters. The van der Waals surface area contributed by atoms with Gasteiger partial charge in [0.1, 0.15) is 0 Å². The minimum Gasteiger partial charge on any atom is -0.326 e. The fourth-order valence-electron chi connectivity index (χ4n) is 1.17. The molecule has 2 N–H and O–H groups in total. The predicted octanol–water partition coefficient (Wildman–Crippen LogP) is 1.53. The van der Waals surface area contributed by atoms with Crippen LogP contribution >= 0.6 is 0 Å². The molecule has 1 aromatic carbocycles. The van der Waals surface area contributed by atoms with Crippen molar-refractivity contribution in [1.82, 2.24) is 0 Å². The molecule has 1 rings (SSSR count). The van der Waals surface area contributed by atoms with Gasteiger partial charge in [-0.3, -0.25) is 4.79 Å². The second-order valence-corrected chi connectivity index (χ2v) is 5.97. The lowest BCUT2D eigenvalue weighted by Gasteiger charge is -2.07. The molecule has 0 bridgehead atoms. The van der Waals surface area contributed by atoms with Gasteiger partial charge in [0, 0.05) is 23.8 Å². The van der Waals surface area contributed by atoms with Gasteiger partial charge in [-0.25, -0.2) is 4.21 Å². The summed E-state index contributed by atoms with van der Waals surface area (Å²) in [6.07, 6.45) is 0. The average Bonchev–Trinajstić information content (AvgIpc) is 1.99. The largest absolute Gasteiger partial charge is 0.326 e. The van der Waals surface area contributed by atoms with Crippen molar-refractivity contribution >= 4 is 31.6 Å². The maximum absolute atomic E-state index is 11.2. The van der Waals surface area contributed by atoms with E-state index in [4.69, 9.17) is 0 Å². The van der Waals surface area contributed by atoms with Crippen LogP contribution < -0.4 is 5.32 Å². The van der Waals surface area contributed by atoms with Crippen molar-refractivity contribution in [2.24, 2.45) is 0 Å². The Morgan fingerprint density at radius 2 is 2.07 bits per heavy atom. The highest BCUT2D eigenvalue weighted by molar-refractivity contribution is 8.29. The highest BCUT2D eigenvalue weighted by atomic mass is 32.8. The molecule has 1 amide bonds. The third-order valence-electron chi connectivity index (χ3n) is 1.67. The van der Waals surface area contributed by atoms with Crippen LogP contribution in [0, 0.1) is 6.92 Å². The van der Waals surface area contributed by atoms with Crippen LogP contribution in [-0.4, -0.2) is 14.7 Å². The average molecular weight is 245 g/mol. The number of aryl methyl sites for hydroxylation is 1. The van der Waals surface area contributed by atoms with E-state index in [0.717, 1.165) is 5.56 Å². The molecule has 0 saturated carbocycles. The molecule has 15 heavy (non-hydrogen) atoms. The summed E-state index contributed by atoms with van der Waals surface area (Å²) in [7, 11) is -3.40. The standard InChI is InChI=1S/C9H11NO3S2/c1-6-3-8(10-7(2)11)5-9(4-6)15(12,13)14/h3-5H,1-2H3,(H,10,11)(H,12,13,14). The molecule has 0 spiro atoms. The van der Waals surface area contributed by atoms with Crippen molar-refractivity contribution in [3.8, 4) is 0 Å². The highest BCUT2D eigenvalue weighted by Gasteiger charge is 2.08. The van der Waals surface area contributed by atoms with Crippen LogP contribution in [0.15, 0.2) is 23.1 Å². The molecule has 0 aliphatic heterocycles. The lowest BCUT2D eigenvalue weighted by atomic mass is 10.2. The van der Waals surface area contributed by atoms with E-state index in [2.05, 4.69) is 16.5 Å². The normalized spacial score (nSPS) is 14.3. The Hall–Kier alpha value is -0.980. The van der Waals surface area contributed by atoms with Crippen molar-refractivity contribution in [3.05, 3.63) is 23.8 Å². The Morgan fingerprint density at radius 3 is 2.53 bits per heavy atom. The number of benzene rings is 1. The smallest absolute Gasteiger partial charge is 0.221 e. The van der Waals surface area contributed by atoms with E-state index < -0.39 is 8.77 Å². The summed E-state index contributed by atoms with van der Waals surface area (Å²) in [5.74, 6) is -0.236. The minimum atomic E-state index is -3.40. The monoisotopic (exact) mass is 245 g/mol. The van der Waals surface area contributed by atoms with Gasteiger partial charge in [0.15, 0.2) is 8.77 Å². The maximum atomic E-state index is 11.2. The molecule has 0 fully saturated rings. The molecule has 0 saturated heterocycles. The molecule has 4 nitrogen and oxygen atoms in total. The summed E-state index contributed by atoms with van der Waals surface area (Å²) < 4.78 is 20.4. The zero-order chi connectivity index (χ0) is 11.6. The molecule has 82 valence electrons. The van der Waals surface area contributed by atoms with Gasteiger partial charge in [-0.05, 0) is 30.7 Å². The fraction of sp³-hybridized carbons (Fsp3) is 0.222. The Labute approximate surface area is 93.2 Å². The van der Waals surface area contributed by atoms with Crippen LogP contribution in [0.3, 0.4) is 0 Å². The summed E-state index contributed by atoms with van der Waals surface area (Å²) in [6, 6.07) is 4.63. The van der Waals surface area contributed by atoms with Crippen molar-refractivity contribution in [1.29, 1.82) is 0 Å². The summed E-state index contributed by atoms with van der Waals surface area (Å²) >= 11 is 4.45. The van der Waals surface area contributed by atoms with E-state index in [1.54, 1.807) is 13.0 Å². The Kier molecular flexibility index (Phi) is 3.43. The van der Waals surface area contributed by atoms with Crippen LogP contribution in [0.25, 0.3) is 0 Å². The molecule has 0 heterocycles. The number of amides is 1. The third-order valence-corrected chi connectivity index (χ3v) is 3.08. The molecular weight excluding hydrogens is 234 g/mol. The summed E-state index contributed by atoms with van der Waals surface area (Å²) in [5, 5.41) is 2.54. The molecule has 0 radical (unpaired) electrons. The van der Waals surface area contributed by atoms with Gasteiger partial charge in [-0.15, -0.1) is 0 Å². The minimum absolute atomic E-state index is 0.140. The molecule has 1 unspecified atom stereocenters. The van der Waals surface area contributed by atoms with Gasteiger partial charge in [0.2, 0.25) is 5.91 Å². The topological polar surface area (TPSA) is 66.4 Å². The van der Waals surface area contributed by atoms with Gasteiger partial charge in [0.25, 0.3) is 0 Å². The van der Waals surface area contributed by atoms with E-state index in [1.807, 2.05) is 0 Å². The summed E-state index contributed by atoms with van der Waals surface area (Å²) in [5.41, 5.74) is 1.24. The third kappa shape index (κ3) is 3.58. The van der Waals surface area contributed by atoms with Gasteiger partial charge < -0.3 is 9.87 Å². The first kappa shape index (κ1) is 12.1. The van der Waals surface area contributed by atoms with Crippen molar-refractivity contribution in [2.75, 3.05) is 5.32 Å². The zero-order valence-electron chi connectivity index (χ0n) is 8.31. The molecular formula is C9H11NO3S2. The molecule has 0 aromatic heterocycles. The molecule has 0 aliphatic carbocycles. The number of nitrogens with one attached hydrogen (secondary N) is 1. The van der Waals surface area contributed by atoms with Crippen LogP contribution in [-0.2, 0) is 24.8 Å². The molecule has 1 aromatic rings. The first-order valence-electron chi connectivity index (χ1n) is 4.16. The summed E-state index contributed by atoms with van der Waals surface area (Å²) in [6.45, 7) is 3.13. The number of carbonyl (C=O) groups is 1. The Bertz CT molecular complexity index is 494.